The van der Waals surface area contributed by atoms with E-state index in [1.54, 1.807) is 0 Å². The Bertz CT molecular complexity index is 1300. The molecule has 0 saturated carbocycles. The summed E-state index contributed by atoms with van der Waals surface area (Å²) in [5.74, 6) is -0.110. The number of aromatic amines is 1. The molecule has 3 aromatic rings. The average molecular weight is 392 g/mol. The highest BCUT2D eigenvalue weighted by Crippen LogP contribution is 2.42. The van der Waals surface area contributed by atoms with E-state index in [-0.39, 0.29) is 11.5 Å². The number of aryl methyl sites for hydroxylation is 1. The maximum atomic E-state index is 13.1. The van der Waals surface area contributed by atoms with Crippen molar-refractivity contribution >= 4 is 22.8 Å². The summed E-state index contributed by atoms with van der Waals surface area (Å²) in [5, 5.41) is 10.8. The number of H-pyrrole nitrogens is 1. The van der Waals surface area contributed by atoms with E-state index in [1.807, 2.05) is 86.7 Å². The maximum Gasteiger partial charge on any atom is 0.201 e. The van der Waals surface area contributed by atoms with Gasteiger partial charge >= 0.3 is 0 Å². The number of hydrogen-bond donors (Lipinski definition) is 2. The van der Waals surface area contributed by atoms with Crippen molar-refractivity contribution in [3.8, 4) is 11.3 Å². The lowest BCUT2D eigenvalue weighted by molar-refractivity contribution is -0.111. The van der Waals surface area contributed by atoms with Crippen LogP contribution in [0.5, 0.6) is 0 Å². The fourth-order valence-corrected chi connectivity index (χ4v) is 4.02. The molecule has 0 radical (unpaired) electrons. The number of aliphatic imine (C=N–C) groups is 1. The van der Waals surface area contributed by atoms with Crippen LogP contribution in [0.2, 0.25) is 0 Å². The molecule has 1 aliphatic heterocycles. The number of benzene rings is 2. The highest BCUT2D eigenvalue weighted by atomic mass is 16.3. The molecule has 146 valence electrons. The second kappa shape index (κ2) is 6.85. The Kier molecular flexibility index (Phi) is 4.14. The Hall–Kier alpha value is -3.92. The van der Waals surface area contributed by atoms with E-state index < -0.39 is 0 Å². The largest absolute Gasteiger partial charge is 0.506 e. The lowest BCUT2D eigenvalue weighted by Gasteiger charge is -2.23. The lowest BCUT2D eigenvalue weighted by atomic mass is 9.80. The number of rotatable bonds is 3. The molecule has 0 fully saturated rings. The van der Waals surface area contributed by atoms with Crippen LogP contribution < -0.4 is 0 Å². The molecule has 4 heteroatoms. The number of aliphatic hydroxyl groups excluding tert-OH is 1. The number of carbonyl (C=O) groups is 1. The third kappa shape index (κ3) is 2.77. The van der Waals surface area contributed by atoms with Crippen molar-refractivity contribution in [1.29, 1.82) is 0 Å². The second-order valence-electron chi connectivity index (χ2n) is 7.52. The van der Waals surface area contributed by atoms with Gasteiger partial charge in [0.1, 0.15) is 5.76 Å². The van der Waals surface area contributed by atoms with Crippen molar-refractivity contribution in [3.05, 3.63) is 107 Å². The van der Waals surface area contributed by atoms with E-state index in [9.17, 15) is 9.90 Å². The van der Waals surface area contributed by atoms with Crippen molar-refractivity contribution in [1.82, 2.24) is 4.98 Å². The SMILES string of the molecule is CC1=NC(c2ccccc2)=C/C1=C1/C(=O)C(c2cc(-c3ccccc3)[nH]c2C)=C1O. The van der Waals surface area contributed by atoms with Gasteiger partial charge in [-0.3, -0.25) is 9.79 Å². The first-order chi connectivity index (χ1) is 14.5. The fourth-order valence-electron chi connectivity index (χ4n) is 4.02. The fraction of sp³-hybridized carbons (Fsp3) is 0.0769. The predicted octanol–water partition coefficient (Wildman–Crippen LogP) is 5.65. The summed E-state index contributed by atoms with van der Waals surface area (Å²) in [4.78, 5) is 21.0. The monoisotopic (exact) mass is 392 g/mol. The molecular formula is C26H20N2O2. The molecule has 30 heavy (non-hydrogen) atoms. The van der Waals surface area contributed by atoms with Gasteiger partial charge in [-0.15, -0.1) is 0 Å². The zero-order valence-electron chi connectivity index (χ0n) is 16.7. The molecule has 5 rings (SSSR count). The number of hydrogen-bond acceptors (Lipinski definition) is 3. The first-order valence-corrected chi connectivity index (χ1v) is 9.85. The number of aromatic nitrogens is 1. The summed E-state index contributed by atoms with van der Waals surface area (Å²) in [6.45, 7) is 3.78. The smallest absolute Gasteiger partial charge is 0.201 e. The molecular weight excluding hydrogens is 372 g/mol. The quantitative estimate of drug-likeness (QED) is 0.565. The van der Waals surface area contributed by atoms with Crippen LogP contribution in [0.1, 0.15) is 23.7 Å². The molecule has 4 nitrogen and oxygen atoms in total. The predicted molar refractivity (Wildman–Crippen MR) is 120 cm³/mol. The zero-order valence-corrected chi connectivity index (χ0v) is 16.7. The minimum atomic E-state index is -0.149. The summed E-state index contributed by atoms with van der Waals surface area (Å²) in [6.07, 6.45) is 1.88. The summed E-state index contributed by atoms with van der Waals surface area (Å²) in [5.41, 5.74) is 7.46. The van der Waals surface area contributed by atoms with Crippen LogP contribution >= 0.6 is 0 Å². The number of carbonyl (C=O) groups excluding carboxylic acids is 1. The Morgan fingerprint density at radius 1 is 0.867 bits per heavy atom. The first-order valence-electron chi connectivity index (χ1n) is 9.85. The van der Waals surface area contributed by atoms with E-state index >= 15 is 0 Å². The molecule has 2 N–H and O–H groups in total. The topological polar surface area (TPSA) is 65.5 Å². The first kappa shape index (κ1) is 18.1. The van der Waals surface area contributed by atoms with Gasteiger partial charge in [0.05, 0.1) is 16.8 Å². The van der Waals surface area contributed by atoms with Crippen molar-refractivity contribution in [2.75, 3.05) is 0 Å². The number of allylic oxidation sites excluding steroid dienone is 4. The molecule has 0 atom stereocenters. The second-order valence-corrected chi connectivity index (χ2v) is 7.52. The van der Waals surface area contributed by atoms with Gasteiger partial charge in [-0.1, -0.05) is 60.7 Å². The van der Waals surface area contributed by atoms with Crippen LogP contribution in [-0.4, -0.2) is 21.6 Å². The van der Waals surface area contributed by atoms with Gasteiger partial charge in [0.25, 0.3) is 0 Å². The van der Waals surface area contributed by atoms with Crippen LogP contribution in [0, 0.1) is 6.92 Å². The molecule has 0 bridgehead atoms. The van der Waals surface area contributed by atoms with Crippen LogP contribution in [-0.2, 0) is 4.79 Å². The highest BCUT2D eigenvalue weighted by Gasteiger charge is 2.39. The number of Topliss-reactive ketones (excluding diaryl/α,β-unsaturated/α-hetero) is 1. The summed E-state index contributed by atoms with van der Waals surface area (Å²) >= 11 is 0. The van der Waals surface area contributed by atoms with E-state index in [2.05, 4.69) is 9.98 Å². The van der Waals surface area contributed by atoms with Crippen molar-refractivity contribution in [2.24, 2.45) is 4.99 Å². The molecule has 0 unspecified atom stereocenters. The molecule has 0 amide bonds. The Labute approximate surface area is 174 Å². The van der Waals surface area contributed by atoms with E-state index in [4.69, 9.17) is 0 Å². The Balaban J connectivity index is 1.56. The average Bonchev–Trinajstić information content (AvgIpc) is 3.33. The van der Waals surface area contributed by atoms with E-state index in [1.165, 1.54) is 0 Å². The highest BCUT2D eigenvalue weighted by molar-refractivity contribution is 6.41. The van der Waals surface area contributed by atoms with Crippen LogP contribution in [0.4, 0.5) is 0 Å². The zero-order chi connectivity index (χ0) is 20.8. The van der Waals surface area contributed by atoms with E-state index in [0.29, 0.717) is 16.7 Å². The number of ketones is 1. The third-order valence-corrected chi connectivity index (χ3v) is 5.59. The maximum absolute atomic E-state index is 13.1. The number of nitrogens with one attached hydrogen (secondary N) is 1. The molecule has 2 aliphatic rings. The van der Waals surface area contributed by atoms with Gasteiger partial charge in [-0.2, -0.15) is 0 Å². The van der Waals surface area contributed by atoms with Crippen LogP contribution in [0.3, 0.4) is 0 Å². The van der Waals surface area contributed by atoms with Gasteiger partial charge in [0.2, 0.25) is 5.78 Å². The summed E-state index contributed by atoms with van der Waals surface area (Å²) in [6, 6.07) is 21.7. The Morgan fingerprint density at radius 2 is 1.50 bits per heavy atom. The molecule has 0 spiro atoms. The molecule has 1 aromatic heterocycles. The molecule has 0 saturated heterocycles. The van der Waals surface area contributed by atoms with Crippen molar-refractivity contribution in [3.63, 3.8) is 0 Å². The van der Waals surface area contributed by atoms with Gasteiger partial charge < -0.3 is 10.1 Å². The van der Waals surface area contributed by atoms with Gasteiger partial charge in [0.15, 0.2) is 0 Å². The van der Waals surface area contributed by atoms with Gasteiger partial charge in [-0.05, 0) is 31.6 Å². The van der Waals surface area contributed by atoms with E-state index in [0.717, 1.165) is 39.5 Å². The van der Waals surface area contributed by atoms with Crippen LogP contribution in [0.25, 0.3) is 22.5 Å². The van der Waals surface area contributed by atoms with Gasteiger partial charge in [-0.25, -0.2) is 0 Å². The standard InChI is InChI=1S/C26H20N2O2/c1-15-19(13-21(27-15)17-9-5-3-6-10-17)23-25(29)24(26(23)30)20-14-22(28-16(20)2)18-11-7-4-8-12-18/h3-14,27,29H,1-2H3/b24-20-. The third-order valence-electron chi connectivity index (χ3n) is 5.59. The molecule has 2 heterocycles. The minimum Gasteiger partial charge on any atom is -0.506 e. The Morgan fingerprint density at radius 3 is 2.13 bits per heavy atom. The summed E-state index contributed by atoms with van der Waals surface area (Å²) < 4.78 is 0. The molecule has 2 aromatic carbocycles. The molecule has 1 aliphatic carbocycles. The van der Waals surface area contributed by atoms with Crippen LogP contribution in [0.15, 0.2) is 94.7 Å². The summed E-state index contributed by atoms with van der Waals surface area (Å²) in [7, 11) is 0. The number of nitrogens with zero attached hydrogens (tertiary/aromatic N) is 1. The lowest BCUT2D eigenvalue weighted by Crippen LogP contribution is -2.24. The number of aliphatic hydroxyl groups is 1. The van der Waals surface area contributed by atoms with Crippen molar-refractivity contribution < 1.29 is 9.90 Å². The normalized spacial score (nSPS) is 18.4. The van der Waals surface area contributed by atoms with Gasteiger partial charge in [0, 0.05) is 33.8 Å². The van der Waals surface area contributed by atoms with Crippen molar-refractivity contribution in [2.45, 2.75) is 13.8 Å². The minimum absolute atomic E-state index is 0.0387.